The average molecular weight is 534 g/mol. The number of thioether (sulfide) groups is 1. The number of amides is 1. The maximum absolute atomic E-state index is 12.8. The molecule has 37 heavy (non-hydrogen) atoms. The molecule has 0 saturated carbocycles. The Morgan fingerprint density at radius 2 is 1.86 bits per heavy atom. The maximum atomic E-state index is 12.8. The number of amidine groups is 2. The SMILES string of the molecule is COc1cc(C=C2C(=N)N3N=C(c4cccnc4)SC3=NC2=O)ccc1OCCOc1ccccc1Cl. The second-order valence-electron chi connectivity index (χ2n) is 7.70. The molecule has 2 aromatic carbocycles. The molecule has 3 heterocycles. The maximum Gasteiger partial charge on any atom is 0.283 e. The quantitative estimate of drug-likeness (QED) is 0.325. The van der Waals surface area contributed by atoms with E-state index in [0.717, 1.165) is 5.56 Å². The van der Waals surface area contributed by atoms with Crippen LogP contribution in [-0.4, -0.2) is 52.3 Å². The van der Waals surface area contributed by atoms with Crippen molar-refractivity contribution in [3.05, 3.63) is 88.7 Å². The number of ether oxygens (including phenoxy) is 3. The van der Waals surface area contributed by atoms with Crippen LogP contribution in [0.2, 0.25) is 5.02 Å². The zero-order chi connectivity index (χ0) is 25.8. The molecule has 9 nitrogen and oxygen atoms in total. The molecule has 186 valence electrons. The number of halogens is 1. The number of pyridine rings is 1. The van der Waals surface area contributed by atoms with Crippen LogP contribution in [0.3, 0.4) is 0 Å². The van der Waals surface area contributed by atoms with Crippen molar-refractivity contribution in [2.45, 2.75) is 0 Å². The highest BCUT2D eigenvalue weighted by Gasteiger charge is 2.36. The van der Waals surface area contributed by atoms with Gasteiger partial charge in [0.1, 0.15) is 24.0 Å². The van der Waals surface area contributed by atoms with Crippen LogP contribution in [-0.2, 0) is 4.79 Å². The van der Waals surface area contributed by atoms with Crippen LogP contribution in [0.15, 0.2) is 82.7 Å². The van der Waals surface area contributed by atoms with Gasteiger partial charge in [0.15, 0.2) is 17.3 Å². The van der Waals surface area contributed by atoms with E-state index in [2.05, 4.69) is 15.1 Å². The van der Waals surface area contributed by atoms with E-state index >= 15 is 0 Å². The van der Waals surface area contributed by atoms with Gasteiger partial charge in [-0.3, -0.25) is 15.2 Å². The number of para-hydroxylation sites is 1. The number of benzene rings is 2. The van der Waals surface area contributed by atoms with E-state index in [1.54, 1.807) is 54.9 Å². The number of nitrogens with zero attached hydrogens (tertiary/aromatic N) is 4. The number of nitrogens with one attached hydrogen (secondary N) is 1. The largest absolute Gasteiger partial charge is 0.493 e. The summed E-state index contributed by atoms with van der Waals surface area (Å²) in [6.45, 7) is 0.562. The lowest BCUT2D eigenvalue weighted by molar-refractivity contribution is -0.114. The molecule has 0 saturated heterocycles. The highest BCUT2D eigenvalue weighted by molar-refractivity contribution is 8.27. The first-order valence-corrected chi connectivity index (χ1v) is 12.3. The van der Waals surface area contributed by atoms with Crippen molar-refractivity contribution >= 4 is 51.4 Å². The fourth-order valence-electron chi connectivity index (χ4n) is 3.52. The van der Waals surface area contributed by atoms with Gasteiger partial charge < -0.3 is 14.2 Å². The number of aliphatic imine (C=N–C) groups is 1. The second kappa shape index (κ2) is 10.9. The van der Waals surface area contributed by atoms with Gasteiger partial charge in [-0.15, -0.1) is 0 Å². The number of carbonyl (C=O) groups excluding carboxylic acids is 1. The third-order valence-electron chi connectivity index (χ3n) is 5.30. The third kappa shape index (κ3) is 5.35. The van der Waals surface area contributed by atoms with Crippen LogP contribution < -0.4 is 14.2 Å². The number of methoxy groups -OCH3 is 1. The number of hydrazone groups is 1. The van der Waals surface area contributed by atoms with Crippen molar-refractivity contribution in [1.29, 1.82) is 5.41 Å². The Kier molecular flexibility index (Phi) is 7.20. The van der Waals surface area contributed by atoms with Gasteiger partial charge in [0.05, 0.1) is 17.7 Å². The van der Waals surface area contributed by atoms with Crippen LogP contribution in [0.25, 0.3) is 6.08 Å². The predicted molar refractivity (Wildman–Crippen MR) is 144 cm³/mol. The molecule has 11 heteroatoms. The summed E-state index contributed by atoms with van der Waals surface area (Å²) >= 11 is 7.32. The van der Waals surface area contributed by atoms with E-state index in [-0.39, 0.29) is 18.0 Å². The number of fused-ring (bicyclic) bond motifs is 1. The van der Waals surface area contributed by atoms with Crippen molar-refractivity contribution < 1.29 is 19.0 Å². The second-order valence-corrected chi connectivity index (χ2v) is 9.07. The summed E-state index contributed by atoms with van der Waals surface area (Å²) in [5.41, 5.74) is 1.55. The Bertz CT molecular complexity index is 1460. The van der Waals surface area contributed by atoms with Gasteiger partial charge in [0.25, 0.3) is 5.91 Å². The van der Waals surface area contributed by atoms with Gasteiger partial charge in [-0.1, -0.05) is 29.8 Å². The Hall–Kier alpha value is -4.15. The molecule has 0 fully saturated rings. The summed E-state index contributed by atoms with van der Waals surface area (Å²) < 4.78 is 16.9. The first-order chi connectivity index (χ1) is 18.0. The van der Waals surface area contributed by atoms with E-state index in [1.165, 1.54) is 23.9 Å². The van der Waals surface area contributed by atoms with E-state index in [4.69, 9.17) is 31.2 Å². The molecule has 0 bridgehead atoms. The summed E-state index contributed by atoms with van der Waals surface area (Å²) in [4.78, 5) is 21.0. The van der Waals surface area contributed by atoms with Gasteiger partial charge in [-0.2, -0.15) is 15.1 Å². The molecule has 2 aliphatic heterocycles. The lowest BCUT2D eigenvalue weighted by Gasteiger charge is -2.20. The molecule has 0 unspecified atom stereocenters. The molecule has 3 aromatic rings. The minimum absolute atomic E-state index is 0.0580. The minimum Gasteiger partial charge on any atom is -0.493 e. The smallest absolute Gasteiger partial charge is 0.283 e. The van der Waals surface area contributed by atoms with E-state index < -0.39 is 5.91 Å². The monoisotopic (exact) mass is 533 g/mol. The molecule has 0 atom stereocenters. The summed E-state index contributed by atoms with van der Waals surface area (Å²) in [7, 11) is 1.53. The molecular weight excluding hydrogens is 514 g/mol. The standard InChI is InChI=1S/C26H20ClN5O4S/c1-34-22-14-16(8-9-21(22)36-12-11-35-20-7-3-2-6-19(20)27)13-18-23(28)32-26(30-24(18)33)37-25(31-32)17-5-4-10-29-15-17/h2-10,13-15,28H,11-12H2,1H3. The van der Waals surface area contributed by atoms with Crippen LogP contribution in [0, 0.1) is 5.41 Å². The average Bonchev–Trinajstić information content (AvgIpc) is 3.35. The molecule has 1 aromatic heterocycles. The fourth-order valence-corrected chi connectivity index (χ4v) is 4.59. The summed E-state index contributed by atoms with van der Waals surface area (Å²) in [6.07, 6.45) is 4.92. The van der Waals surface area contributed by atoms with Crippen LogP contribution >= 0.6 is 23.4 Å². The van der Waals surface area contributed by atoms with Crippen LogP contribution in [0.1, 0.15) is 11.1 Å². The predicted octanol–water partition coefficient (Wildman–Crippen LogP) is 4.87. The molecule has 1 amide bonds. The molecular formula is C26H20ClN5O4S. The lowest BCUT2D eigenvalue weighted by Crippen LogP contribution is -2.35. The lowest BCUT2D eigenvalue weighted by atomic mass is 10.1. The summed E-state index contributed by atoms with van der Waals surface area (Å²) in [5, 5.41) is 15.9. The van der Waals surface area contributed by atoms with Crippen molar-refractivity contribution in [3.8, 4) is 17.2 Å². The highest BCUT2D eigenvalue weighted by Crippen LogP contribution is 2.33. The molecule has 2 aliphatic rings. The molecule has 5 rings (SSSR count). The van der Waals surface area contributed by atoms with Crippen molar-refractivity contribution in [2.75, 3.05) is 20.3 Å². The van der Waals surface area contributed by atoms with Gasteiger partial charge in [0, 0.05) is 18.0 Å². The van der Waals surface area contributed by atoms with Gasteiger partial charge in [-0.05, 0) is 59.8 Å². The Labute approximate surface area is 221 Å². The van der Waals surface area contributed by atoms with Crippen molar-refractivity contribution in [3.63, 3.8) is 0 Å². The topological polar surface area (TPSA) is 109 Å². The number of rotatable bonds is 8. The number of aromatic nitrogens is 1. The zero-order valence-electron chi connectivity index (χ0n) is 19.6. The van der Waals surface area contributed by atoms with Crippen molar-refractivity contribution in [2.24, 2.45) is 10.1 Å². The zero-order valence-corrected chi connectivity index (χ0v) is 21.1. The van der Waals surface area contributed by atoms with Gasteiger partial charge in [0.2, 0.25) is 5.17 Å². The third-order valence-corrected chi connectivity index (χ3v) is 6.57. The first-order valence-electron chi connectivity index (χ1n) is 11.1. The normalized spacial score (nSPS) is 15.8. The first kappa shape index (κ1) is 24.5. The number of hydrogen-bond donors (Lipinski definition) is 1. The highest BCUT2D eigenvalue weighted by atomic mass is 35.5. The van der Waals surface area contributed by atoms with E-state index in [0.29, 0.717) is 44.7 Å². The molecule has 0 aliphatic carbocycles. The number of hydrogen-bond acceptors (Lipinski definition) is 8. The Morgan fingerprint density at radius 3 is 2.62 bits per heavy atom. The van der Waals surface area contributed by atoms with Gasteiger partial charge >= 0.3 is 0 Å². The fraction of sp³-hybridized carbons (Fsp3) is 0.115. The molecule has 1 N–H and O–H groups in total. The number of carbonyl (C=O) groups is 1. The Balaban J connectivity index is 1.29. The minimum atomic E-state index is -0.512. The Morgan fingerprint density at radius 1 is 1.05 bits per heavy atom. The van der Waals surface area contributed by atoms with Gasteiger partial charge in [-0.25, -0.2) is 0 Å². The van der Waals surface area contributed by atoms with Crippen LogP contribution in [0.4, 0.5) is 0 Å². The van der Waals surface area contributed by atoms with E-state index in [9.17, 15) is 4.79 Å². The summed E-state index contributed by atoms with van der Waals surface area (Å²) in [5.74, 6) is 0.999. The van der Waals surface area contributed by atoms with Crippen molar-refractivity contribution in [1.82, 2.24) is 9.99 Å². The van der Waals surface area contributed by atoms with Crippen LogP contribution in [0.5, 0.6) is 17.2 Å². The summed E-state index contributed by atoms with van der Waals surface area (Å²) in [6, 6.07) is 16.1. The van der Waals surface area contributed by atoms with E-state index in [1.807, 2.05) is 18.2 Å². The molecule has 0 radical (unpaired) electrons. The molecule has 0 spiro atoms.